The average Bonchev–Trinajstić information content (AvgIpc) is 2.67. The topological polar surface area (TPSA) is 83.4 Å². The lowest BCUT2D eigenvalue weighted by atomic mass is 10.1. The van der Waals surface area contributed by atoms with E-state index in [2.05, 4.69) is 9.99 Å². The van der Waals surface area contributed by atoms with Crippen LogP contribution in [0.1, 0.15) is 24.2 Å². The zero-order valence-electron chi connectivity index (χ0n) is 15.4. The second kappa shape index (κ2) is 10.1. The highest BCUT2D eigenvalue weighted by molar-refractivity contribution is 6.45. The number of hydrogen-bond acceptors (Lipinski definition) is 7. The molecule has 0 amide bonds. The lowest BCUT2D eigenvalue weighted by molar-refractivity contribution is -0.140. The maximum atomic E-state index is 12.2. The number of Topliss-reactive ketones (excluding diaryl/α,β-unsaturated/α-hetero) is 1. The fourth-order valence-corrected chi connectivity index (χ4v) is 2.04. The van der Waals surface area contributed by atoms with E-state index in [1.807, 2.05) is 0 Å². The van der Waals surface area contributed by atoms with E-state index in [1.54, 1.807) is 55.6 Å². The van der Waals surface area contributed by atoms with Crippen LogP contribution < -0.4 is 9.47 Å². The van der Waals surface area contributed by atoms with E-state index in [9.17, 15) is 9.59 Å². The molecular formula is C20H21NO6. The first-order chi connectivity index (χ1) is 13.0. The van der Waals surface area contributed by atoms with Gasteiger partial charge in [0.15, 0.2) is 0 Å². The van der Waals surface area contributed by atoms with Crippen LogP contribution in [0.25, 0.3) is 0 Å². The molecule has 0 saturated heterocycles. The fourth-order valence-electron chi connectivity index (χ4n) is 2.04. The molecule has 0 unspecified atom stereocenters. The summed E-state index contributed by atoms with van der Waals surface area (Å²) in [6, 6.07) is 13.8. The van der Waals surface area contributed by atoms with Gasteiger partial charge in [0, 0.05) is 19.6 Å². The second-order valence-corrected chi connectivity index (χ2v) is 5.53. The van der Waals surface area contributed by atoms with Crippen molar-refractivity contribution < 1.29 is 28.6 Å². The van der Waals surface area contributed by atoms with Crippen LogP contribution in [-0.2, 0) is 14.4 Å². The summed E-state index contributed by atoms with van der Waals surface area (Å²) in [6.07, 6.45) is 0. The Morgan fingerprint density at radius 3 is 1.96 bits per heavy atom. The number of ether oxygens (including phenoxy) is 3. The lowest BCUT2D eigenvalue weighted by Crippen LogP contribution is -2.11. The molecule has 2 aromatic carbocycles. The SMILES string of the molecule is COCCOc1ccc(Oc2ccc(C(=O)/C(C)=N/OC(C)=O)cc2)cc1. The summed E-state index contributed by atoms with van der Waals surface area (Å²) in [7, 11) is 1.62. The Balaban J connectivity index is 1.96. The molecule has 0 N–H and O–H groups in total. The van der Waals surface area contributed by atoms with Crippen molar-refractivity contribution in [2.24, 2.45) is 5.16 Å². The van der Waals surface area contributed by atoms with E-state index in [4.69, 9.17) is 14.2 Å². The Morgan fingerprint density at radius 2 is 1.41 bits per heavy atom. The average molecular weight is 371 g/mol. The first kappa shape index (κ1) is 20.1. The zero-order chi connectivity index (χ0) is 19.6. The van der Waals surface area contributed by atoms with Crippen LogP contribution in [0, 0.1) is 0 Å². The van der Waals surface area contributed by atoms with Gasteiger partial charge >= 0.3 is 5.97 Å². The quantitative estimate of drug-likeness (QED) is 0.220. The Bertz CT molecular complexity index is 796. The summed E-state index contributed by atoms with van der Waals surface area (Å²) in [5.41, 5.74) is 0.501. The highest BCUT2D eigenvalue weighted by atomic mass is 16.7. The van der Waals surface area contributed by atoms with E-state index in [1.165, 1.54) is 13.8 Å². The van der Waals surface area contributed by atoms with Gasteiger partial charge < -0.3 is 19.0 Å². The van der Waals surface area contributed by atoms with Crippen molar-refractivity contribution in [2.75, 3.05) is 20.3 Å². The number of oxime groups is 1. The number of nitrogens with zero attached hydrogens (tertiary/aromatic N) is 1. The van der Waals surface area contributed by atoms with Crippen molar-refractivity contribution in [3.63, 3.8) is 0 Å². The van der Waals surface area contributed by atoms with Crippen LogP contribution >= 0.6 is 0 Å². The molecule has 0 bridgehead atoms. The summed E-state index contributed by atoms with van der Waals surface area (Å²) in [6.45, 7) is 3.69. The summed E-state index contributed by atoms with van der Waals surface area (Å²) in [5.74, 6) is 1.03. The number of methoxy groups -OCH3 is 1. The zero-order valence-corrected chi connectivity index (χ0v) is 15.4. The minimum atomic E-state index is -0.582. The van der Waals surface area contributed by atoms with Gasteiger partial charge in [0.2, 0.25) is 5.78 Å². The molecule has 7 nitrogen and oxygen atoms in total. The Morgan fingerprint density at radius 1 is 0.852 bits per heavy atom. The Labute approximate surface area is 157 Å². The van der Waals surface area contributed by atoms with Crippen LogP contribution in [0.4, 0.5) is 0 Å². The first-order valence-electron chi connectivity index (χ1n) is 8.26. The molecule has 142 valence electrons. The standard InChI is InChI=1S/C20H21NO6/c1-14(21-27-15(2)22)20(23)16-4-6-18(7-5-16)26-19-10-8-17(9-11-19)25-13-12-24-3/h4-11H,12-13H2,1-3H3/b21-14+. The Kier molecular flexibility index (Phi) is 7.51. The van der Waals surface area contributed by atoms with Gasteiger partial charge in [-0.2, -0.15) is 0 Å². The lowest BCUT2D eigenvalue weighted by Gasteiger charge is -2.09. The van der Waals surface area contributed by atoms with Gasteiger partial charge in [-0.1, -0.05) is 5.16 Å². The van der Waals surface area contributed by atoms with Gasteiger partial charge in [-0.05, 0) is 55.5 Å². The van der Waals surface area contributed by atoms with Crippen molar-refractivity contribution in [3.8, 4) is 17.2 Å². The molecule has 0 radical (unpaired) electrons. The third-order valence-corrected chi connectivity index (χ3v) is 3.37. The fraction of sp³-hybridized carbons (Fsp3) is 0.250. The van der Waals surface area contributed by atoms with Crippen LogP contribution in [0.5, 0.6) is 17.2 Å². The van der Waals surface area contributed by atoms with E-state index in [-0.39, 0.29) is 11.5 Å². The largest absolute Gasteiger partial charge is 0.491 e. The molecule has 27 heavy (non-hydrogen) atoms. The van der Waals surface area contributed by atoms with E-state index in [0.29, 0.717) is 30.3 Å². The molecule has 0 heterocycles. The molecule has 0 spiro atoms. The number of carbonyl (C=O) groups excluding carboxylic acids is 2. The van der Waals surface area contributed by atoms with Crippen LogP contribution in [0.2, 0.25) is 0 Å². The summed E-state index contributed by atoms with van der Waals surface area (Å²) < 4.78 is 16.2. The number of benzene rings is 2. The van der Waals surface area contributed by atoms with Crippen molar-refractivity contribution in [1.82, 2.24) is 0 Å². The highest BCUT2D eigenvalue weighted by Gasteiger charge is 2.11. The molecule has 2 rings (SSSR count). The van der Waals surface area contributed by atoms with Crippen LogP contribution in [0.3, 0.4) is 0 Å². The third-order valence-electron chi connectivity index (χ3n) is 3.37. The molecular weight excluding hydrogens is 350 g/mol. The molecule has 2 aromatic rings. The van der Waals surface area contributed by atoms with Gasteiger partial charge in [0.05, 0.1) is 6.61 Å². The number of carbonyl (C=O) groups is 2. The van der Waals surface area contributed by atoms with Gasteiger partial charge in [0.25, 0.3) is 0 Å². The molecule has 0 aliphatic rings. The molecule has 0 saturated carbocycles. The van der Waals surface area contributed by atoms with Crippen molar-refractivity contribution in [2.45, 2.75) is 13.8 Å². The summed E-state index contributed by atoms with van der Waals surface area (Å²) >= 11 is 0. The minimum Gasteiger partial charge on any atom is -0.491 e. The number of rotatable bonds is 9. The monoisotopic (exact) mass is 371 g/mol. The highest BCUT2D eigenvalue weighted by Crippen LogP contribution is 2.24. The first-order valence-corrected chi connectivity index (χ1v) is 8.26. The molecule has 0 aliphatic heterocycles. The van der Waals surface area contributed by atoms with Gasteiger partial charge in [-0.3, -0.25) is 4.79 Å². The van der Waals surface area contributed by atoms with E-state index >= 15 is 0 Å². The minimum absolute atomic E-state index is 0.0860. The maximum Gasteiger partial charge on any atom is 0.331 e. The maximum absolute atomic E-state index is 12.2. The molecule has 0 atom stereocenters. The molecule has 7 heteroatoms. The molecule has 0 aromatic heterocycles. The molecule has 0 aliphatic carbocycles. The van der Waals surface area contributed by atoms with Crippen molar-refractivity contribution in [3.05, 3.63) is 54.1 Å². The normalized spacial score (nSPS) is 11.0. The smallest absolute Gasteiger partial charge is 0.331 e. The van der Waals surface area contributed by atoms with Crippen molar-refractivity contribution in [1.29, 1.82) is 0 Å². The Hall–Kier alpha value is -3.19. The summed E-state index contributed by atoms with van der Waals surface area (Å²) in [5, 5.41) is 3.49. The van der Waals surface area contributed by atoms with E-state index in [0.717, 1.165) is 5.75 Å². The van der Waals surface area contributed by atoms with Crippen LogP contribution in [-0.4, -0.2) is 37.8 Å². The second-order valence-electron chi connectivity index (χ2n) is 5.53. The van der Waals surface area contributed by atoms with Crippen LogP contribution in [0.15, 0.2) is 53.7 Å². The summed E-state index contributed by atoms with van der Waals surface area (Å²) in [4.78, 5) is 27.4. The van der Waals surface area contributed by atoms with Crippen molar-refractivity contribution >= 4 is 17.5 Å². The third kappa shape index (κ3) is 6.56. The number of hydrogen-bond donors (Lipinski definition) is 0. The predicted octanol–water partition coefficient (Wildman–Crippen LogP) is 3.63. The van der Waals surface area contributed by atoms with Gasteiger partial charge in [0.1, 0.15) is 29.6 Å². The van der Waals surface area contributed by atoms with Gasteiger partial charge in [-0.25, -0.2) is 4.79 Å². The molecule has 0 fully saturated rings. The van der Waals surface area contributed by atoms with E-state index < -0.39 is 5.97 Å². The van der Waals surface area contributed by atoms with Gasteiger partial charge in [-0.15, -0.1) is 0 Å². The predicted molar refractivity (Wildman–Crippen MR) is 99.5 cm³/mol. The number of ketones is 1.